The van der Waals surface area contributed by atoms with E-state index >= 15 is 0 Å². The smallest absolute Gasteiger partial charge is 0.147 e. The van der Waals surface area contributed by atoms with Crippen molar-refractivity contribution in [1.82, 2.24) is 4.98 Å². The predicted octanol–water partition coefficient (Wildman–Crippen LogP) is 0.260. The molecule has 0 aliphatic heterocycles. The minimum atomic E-state index is 0.0756. The molecule has 1 heterocycles. The van der Waals surface area contributed by atoms with Crippen LogP contribution in [-0.4, -0.2) is 10.1 Å². The van der Waals surface area contributed by atoms with Gasteiger partial charge in [-0.2, -0.15) is 0 Å². The number of nitrogen functional groups attached to an aromatic ring is 2. The second-order valence-electron chi connectivity index (χ2n) is 2.07. The summed E-state index contributed by atoms with van der Waals surface area (Å²) in [6, 6.07) is 1.39. The third-order valence-corrected chi connectivity index (χ3v) is 1.25. The van der Waals surface area contributed by atoms with E-state index in [9.17, 15) is 0 Å². The van der Waals surface area contributed by atoms with Crippen molar-refractivity contribution in [2.45, 2.75) is 6.92 Å². The van der Waals surface area contributed by atoms with Crippen molar-refractivity contribution in [3.63, 3.8) is 0 Å². The Morgan fingerprint density at radius 3 is 2.60 bits per heavy atom. The molecule has 0 aromatic carbocycles. The molecule has 0 aliphatic carbocycles. The van der Waals surface area contributed by atoms with Crippen LogP contribution in [0.1, 0.15) is 5.69 Å². The molecule has 0 bridgehead atoms. The number of pyridine rings is 1. The maximum atomic E-state index is 9.03. The van der Waals surface area contributed by atoms with Gasteiger partial charge in [-0.1, -0.05) is 0 Å². The van der Waals surface area contributed by atoms with Crippen LogP contribution in [0.2, 0.25) is 0 Å². The van der Waals surface area contributed by atoms with E-state index in [0.29, 0.717) is 11.4 Å². The number of nitrogens with two attached hydrogens (primary N) is 2. The fourth-order valence-electron chi connectivity index (χ4n) is 0.628. The van der Waals surface area contributed by atoms with Crippen LogP contribution in [0.4, 0.5) is 11.5 Å². The lowest BCUT2D eigenvalue weighted by Crippen LogP contribution is -1.98. The molecule has 0 radical (unpaired) electrons. The van der Waals surface area contributed by atoms with Gasteiger partial charge in [-0.3, -0.25) is 0 Å². The van der Waals surface area contributed by atoms with E-state index in [1.54, 1.807) is 6.92 Å². The lowest BCUT2D eigenvalue weighted by atomic mass is 10.3. The zero-order valence-electron chi connectivity index (χ0n) is 5.63. The molecule has 4 nitrogen and oxygen atoms in total. The van der Waals surface area contributed by atoms with Crippen LogP contribution in [-0.2, 0) is 0 Å². The standard InChI is InChI=1S/C6H9N3O/c1-3-5(10)2-4(7)6(8)9-3/h2,10H,7H2,1H3,(H2,8,9). The molecule has 0 unspecified atom stereocenters. The van der Waals surface area contributed by atoms with Crippen molar-refractivity contribution < 1.29 is 5.11 Å². The van der Waals surface area contributed by atoms with E-state index in [1.165, 1.54) is 6.07 Å². The first-order valence-corrected chi connectivity index (χ1v) is 2.83. The van der Waals surface area contributed by atoms with Crippen LogP contribution < -0.4 is 11.5 Å². The third kappa shape index (κ3) is 0.953. The number of aromatic nitrogens is 1. The Balaban J connectivity index is 3.28. The van der Waals surface area contributed by atoms with Crippen LogP contribution >= 0.6 is 0 Å². The van der Waals surface area contributed by atoms with Crippen LogP contribution in [0.3, 0.4) is 0 Å². The predicted molar refractivity (Wildman–Crippen MR) is 39.5 cm³/mol. The SMILES string of the molecule is Cc1nc(N)c(N)cc1O. The van der Waals surface area contributed by atoms with Gasteiger partial charge in [-0.25, -0.2) is 4.98 Å². The Labute approximate surface area is 58.5 Å². The highest BCUT2D eigenvalue weighted by atomic mass is 16.3. The zero-order valence-corrected chi connectivity index (χ0v) is 5.63. The van der Waals surface area contributed by atoms with E-state index in [-0.39, 0.29) is 11.6 Å². The molecule has 0 atom stereocenters. The maximum Gasteiger partial charge on any atom is 0.147 e. The minimum absolute atomic E-state index is 0.0756. The van der Waals surface area contributed by atoms with Crippen molar-refractivity contribution >= 4 is 11.5 Å². The van der Waals surface area contributed by atoms with E-state index < -0.39 is 0 Å². The highest BCUT2D eigenvalue weighted by molar-refractivity contribution is 5.61. The number of anilines is 2. The van der Waals surface area contributed by atoms with Gasteiger partial charge in [0, 0.05) is 6.07 Å². The summed E-state index contributed by atoms with van der Waals surface area (Å²) in [6.45, 7) is 1.66. The van der Waals surface area contributed by atoms with Crippen LogP contribution in [0.25, 0.3) is 0 Å². The van der Waals surface area contributed by atoms with Gasteiger partial charge in [0.2, 0.25) is 0 Å². The monoisotopic (exact) mass is 139 g/mol. The summed E-state index contributed by atoms with van der Waals surface area (Å²) in [5.41, 5.74) is 11.5. The molecular formula is C6H9N3O. The Bertz CT molecular complexity index is 209. The first-order chi connectivity index (χ1) is 4.61. The molecule has 1 rings (SSSR count). The van der Waals surface area contributed by atoms with Gasteiger partial charge in [0.1, 0.15) is 11.6 Å². The first-order valence-electron chi connectivity index (χ1n) is 2.83. The summed E-state index contributed by atoms with van der Waals surface area (Å²) in [7, 11) is 0. The quantitative estimate of drug-likeness (QED) is 0.481. The topological polar surface area (TPSA) is 85.2 Å². The summed E-state index contributed by atoms with van der Waals surface area (Å²) in [5.74, 6) is 0.335. The zero-order chi connectivity index (χ0) is 7.72. The number of nitrogens with zero attached hydrogens (tertiary/aromatic N) is 1. The average Bonchev–Trinajstić information content (AvgIpc) is 1.84. The summed E-state index contributed by atoms with van der Waals surface area (Å²) in [4.78, 5) is 3.78. The van der Waals surface area contributed by atoms with Gasteiger partial charge in [0.05, 0.1) is 11.4 Å². The Morgan fingerprint density at radius 1 is 1.50 bits per heavy atom. The fourth-order valence-corrected chi connectivity index (χ4v) is 0.628. The maximum absolute atomic E-state index is 9.03. The number of rotatable bonds is 0. The van der Waals surface area contributed by atoms with Crippen molar-refractivity contribution in [3.05, 3.63) is 11.8 Å². The highest BCUT2D eigenvalue weighted by Crippen LogP contribution is 2.20. The normalized spacial score (nSPS) is 9.70. The van der Waals surface area contributed by atoms with Gasteiger partial charge in [-0.15, -0.1) is 0 Å². The van der Waals surface area contributed by atoms with Crippen molar-refractivity contribution in [2.75, 3.05) is 11.5 Å². The molecule has 0 saturated heterocycles. The highest BCUT2D eigenvalue weighted by Gasteiger charge is 2.00. The van der Waals surface area contributed by atoms with Gasteiger partial charge in [0.15, 0.2) is 0 Å². The molecule has 1 aromatic heterocycles. The summed E-state index contributed by atoms with van der Waals surface area (Å²) >= 11 is 0. The fraction of sp³-hybridized carbons (Fsp3) is 0.167. The van der Waals surface area contributed by atoms with E-state index in [2.05, 4.69) is 4.98 Å². The molecule has 54 valence electrons. The van der Waals surface area contributed by atoms with Crippen molar-refractivity contribution in [3.8, 4) is 5.75 Å². The first kappa shape index (κ1) is 6.67. The number of hydrogen-bond donors (Lipinski definition) is 3. The Hall–Kier alpha value is -1.45. The molecule has 5 N–H and O–H groups in total. The minimum Gasteiger partial charge on any atom is -0.506 e. The lowest BCUT2D eigenvalue weighted by molar-refractivity contribution is 0.468. The van der Waals surface area contributed by atoms with Gasteiger partial charge in [-0.05, 0) is 6.92 Å². The van der Waals surface area contributed by atoms with Gasteiger partial charge >= 0.3 is 0 Å². The van der Waals surface area contributed by atoms with Crippen molar-refractivity contribution in [2.24, 2.45) is 0 Å². The number of aromatic hydroxyl groups is 1. The number of aryl methyl sites for hydroxylation is 1. The summed E-state index contributed by atoms with van der Waals surface area (Å²) in [5, 5.41) is 9.03. The Morgan fingerprint density at radius 2 is 2.10 bits per heavy atom. The third-order valence-electron chi connectivity index (χ3n) is 1.25. The molecule has 4 heteroatoms. The van der Waals surface area contributed by atoms with E-state index in [0.717, 1.165) is 0 Å². The molecular weight excluding hydrogens is 130 g/mol. The molecule has 1 aromatic rings. The van der Waals surface area contributed by atoms with E-state index in [1.807, 2.05) is 0 Å². The Kier molecular flexibility index (Phi) is 1.37. The van der Waals surface area contributed by atoms with Crippen LogP contribution in [0, 0.1) is 6.92 Å². The van der Waals surface area contributed by atoms with E-state index in [4.69, 9.17) is 16.6 Å². The molecule has 0 aliphatic rings. The molecule has 0 fully saturated rings. The average molecular weight is 139 g/mol. The summed E-state index contributed by atoms with van der Waals surface area (Å²) < 4.78 is 0. The lowest BCUT2D eigenvalue weighted by Gasteiger charge is -2.01. The molecule has 0 amide bonds. The largest absolute Gasteiger partial charge is 0.506 e. The van der Waals surface area contributed by atoms with Gasteiger partial charge in [0.25, 0.3) is 0 Å². The van der Waals surface area contributed by atoms with Gasteiger partial charge < -0.3 is 16.6 Å². The van der Waals surface area contributed by atoms with Crippen LogP contribution in [0.15, 0.2) is 6.07 Å². The second kappa shape index (κ2) is 2.06. The summed E-state index contributed by atoms with van der Waals surface area (Å²) in [6.07, 6.45) is 0. The molecule has 0 saturated carbocycles. The second-order valence-corrected chi connectivity index (χ2v) is 2.07. The van der Waals surface area contributed by atoms with Crippen LogP contribution in [0.5, 0.6) is 5.75 Å². The molecule has 10 heavy (non-hydrogen) atoms. The number of hydrogen-bond acceptors (Lipinski definition) is 4. The molecule has 0 spiro atoms. The van der Waals surface area contributed by atoms with Crippen molar-refractivity contribution in [1.29, 1.82) is 0 Å².